The second-order valence-electron chi connectivity index (χ2n) is 3.21. The summed E-state index contributed by atoms with van der Waals surface area (Å²) in [5.41, 5.74) is 0. The van der Waals surface area contributed by atoms with Crippen LogP contribution in [0.2, 0.25) is 0 Å². The summed E-state index contributed by atoms with van der Waals surface area (Å²) < 4.78 is 5.07. The van der Waals surface area contributed by atoms with Crippen LogP contribution in [0.15, 0.2) is 0 Å². The number of hydrogen-bond donors (Lipinski definition) is 1. The van der Waals surface area contributed by atoms with E-state index in [9.17, 15) is 4.79 Å². The van der Waals surface area contributed by atoms with E-state index in [4.69, 9.17) is 16.3 Å². The molecule has 1 N–H and O–H groups in total. The van der Waals surface area contributed by atoms with Gasteiger partial charge in [0.1, 0.15) is 6.04 Å². The zero-order valence-corrected chi connectivity index (χ0v) is 9.70. The molecular formula is C9H17Cl2NO2. The van der Waals surface area contributed by atoms with Gasteiger partial charge in [-0.05, 0) is 32.2 Å². The van der Waals surface area contributed by atoms with Crippen molar-refractivity contribution < 1.29 is 9.53 Å². The molecule has 0 saturated carbocycles. The highest BCUT2D eigenvalue weighted by Gasteiger charge is 2.22. The Labute approximate surface area is 95.9 Å². The minimum atomic E-state index is -0.105. The molecule has 0 aromatic carbocycles. The van der Waals surface area contributed by atoms with Gasteiger partial charge in [-0.25, -0.2) is 0 Å². The maximum absolute atomic E-state index is 11.3. The van der Waals surface area contributed by atoms with E-state index in [2.05, 4.69) is 5.32 Å². The van der Waals surface area contributed by atoms with Crippen LogP contribution in [-0.4, -0.2) is 31.0 Å². The van der Waals surface area contributed by atoms with E-state index in [0.717, 1.165) is 32.2 Å². The van der Waals surface area contributed by atoms with Crippen molar-refractivity contribution in [2.24, 2.45) is 0 Å². The molecule has 0 bridgehead atoms. The number of alkyl halides is 1. The van der Waals surface area contributed by atoms with Gasteiger partial charge in [-0.15, -0.1) is 24.0 Å². The Morgan fingerprint density at radius 1 is 1.50 bits per heavy atom. The molecule has 0 amide bonds. The third kappa shape index (κ3) is 5.03. The summed E-state index contributed by atoms with van der Waals surface area (Å²) >= 11 is 5.49. The van der Waals surface area contributed by atoms with Crippen molar-refractivity contribution in [1.82, 2.24) is 5.32 Å². The molecule has 0 radical (unpaired) electrons. The number of nitrogens with one attached hydrogen (secondary N) is 1. The second-order valence-corrected chi connectivity index (χ2v) is 3.59. The van der Waals surface area contributed by atoms with E-state index in [1.807, 2.05) is 0 Å². The molecule has 1 fully saturated rings. The van der Waals surface area contributed by atoms with Gasteiger partial charge in [0, 0.05) is 5.88 Å². The van der Waals surface area contributed by atoms with Crippen LogP contribution in [0.4, 0.5) is 0 Å². The van der Waals surface area contributed by atoms with Gasteiger partial charge < -0.3 is 10.1 Å². The smallest absolute Gasteiger partial charge is 0.323 e. The summed E-state index contributed by atoms with van der Waals surface area (Å²) in [5, 5.41) is 3.10. The largest absolute Gasteiger partial charge is 0.465 e. The molecule has 0 unspecified atom stereocenters. The molecule has 0 aromatic heterocycles. The van der Waals surface area contributed by atoms with Crippen molar-refractivity contribution in [2.45, 2.75) is 31.7 Å². The van der Waals surface area contributed by atoms with Gasteiger partial charge in [-0.1, -0.05) is 0 Å². The monoisotopic (exact) mass is 241 g/mol. The molecular weight excluding hydrogens is 225 g/mol. The molecule has 0 aromatic rings. The zero-order valence-electron chi connectivity index (χ0n) is 8.13. The first kappa shape index (κ1) is 14.0. The first-order chi connectivity index (χ1) is 6.34. The molecule has 1 aliphatic rings. The first-order valence-corrected chi connectivity index (χ1v) is 5.34. The van der Waals surface area contributed by atoms with E-state index in [1.54, 1.807) is 0 Å². The van der Waals surface area contributed by atoms with Crippen LogP contribution in [0.25, 0.3) is 0 Å². The summed E-state index contributed by atoms with van der Waals surface area (Å²) in [6.45, 7) is 1.44. The number of carbonyl (C=O) groups excluding carboxylic acids is 1. The van der Waals surface area contributed by atoms with Crippen LogP contribution in [0.1, 0.15) is 25.7 Å². The zero-order chi connectivity index (χ0) is 9.52. The molecule has 0 aliphatic carbocycles. The van der Waals surface area contributed by atoms with Crippen LogP contribution < -0.4 is 5.32 Å². The Morgan fingerprint density at radius 3 is 2.86 bits per heavy atom. The van der Waals surface area contributed by atoms with Crippen molar-refractivity contribution in [3.05, 3.63) is 0 Å². The average molecular weight is 242 g/mol. The highest BCUT2D eigenvalue weighted by atomic mass is 35.5. The molecule has 1 atom stereocenters. The molecule has 84 valence electrons. The third-order valence-electron chi connectivity index (χ3n) is 2.12. The highest BCUT2D eigenvalue weighted by molar-refractivity contribution is 6.17. The number of hydrogen-bond acceptors (Lipinski definition) is 3. The molecule has 0 spiro atoms. The lowest BCUT2D eigenvalue weighted by molar-refractivity contribution is -0.145. The number of rotatable bonds is 5. The Hall–Kier alpha value is 0.01000. The van der Waals surface area contributed by atoms with Crippen LogP contribution in [-0.2, 0) is 9.53 Å². The Kier molecular flexibility index (Phi) is 8.34. The van der Waals surface area contributed by atoms with Crippen LogP contribution in [0, 0.1) is 0 Å². The maximum atomic E-state index is 11.3. The molecule has 14 heavy (non-hydrogen) atoms. The van der Waals surface area contributed by atoms with Crippen molar-refractivity contribution >= 4 is 30.0 Å². The molecule has 5 heteroatoms. The number of halogens is 2. The van der Waals surface area contributed by atoms with Crippen molar-refractivity contribution in [3.63, 3.8) is 0 Å². The standard InChI is InChI=1S/C9H16ClNO2.ClH/c10-5-1-2-7-13-9(12)8-4-3-6-11-8;/h8,11H,1-7H2;1H/t8-;/m0./s1. The molecule has 1 rings (SSSR count). The fraction of sp³-hybridized carbons (Fsp3) is 0.889. The normalized spacial score (nSPS) is 20.2. The summed E-state index contributed by atoms with van der Waals surface area (Å²) in [5.74, 6) is 0.534. The lowest BCUT2D eigenvalue weighted by atomic mass is 10.2. The summed E-state index contributed by atoms with van der Waals surface area (Å²) in [4.78, 5) is 11.3. The number of esters is 1. The van der Waals surface area contributed by atoms with Crippen LogP contribution in [0.5, 0.6) is 0 Å². The predicted molar refractivity (Wildman–Crippen MR) is 59.2 cm³/mol. The Balaban J connectivity index is 0.00000169. The number of carbonyl (C=O) groups is 1. The lowest BCUT2D eigenvalue weighted by Gasteiger charge is -2.09. The van der Waals surface area contributed by atoms with Crippen LogP contribution >= 0.6 is 24.0 Å². The van der Waals surface area contributed by atoms with Crippen molar-refractivity contribution in [1.29, 1.82) is 0 Å². The highest BCUT2D eigenvalue weighted by Crippen LogP contribution is 2.06. The first-order valence-electron chi connectivity index (χ1n) is 4.80. The van der Waals surface area contributed by atoms with E-state index in [-0.39, 0.29) is 24.4 Å². The number of unbranched alkanes of at least 4 members (excludes halogenated alkanes) is 1. The van der Waals surface area contributed by atoms with Gasteiger partial charge >= 0.3 is 5.97 Å². The Bertz CT molecular complexity index is 161. The van der Waals surface area contributed by atoms with Crippen LogP contribution in [0.3, 0.4) is 0 Å². The maximum Gasteiger partial charge on any atom is 0.323 e. The molecule has 3 nitrogen and oxygen atoms in total. The molecule has 1 saturated heterocycles. The average Bonchev–Trinajstić information content (AvgIpc) is 2.65. The summed E-state index contributed by atoms with van der Waals surface area (Å²) in [6.07, 6.45) is 3.75. The minimum Gasteiger partial charge on any atom is -0.465 e. The van der Waals surface area contributed by atoms with Gasteiger partial charge in [0.2, 0.25) is 0 Å². The molecule has 1 heterocycles. The van der Waals surface area contributed by atoms with Crippen molar-refractivity contribution in [2.75, 3.05) is 19.0 Å². The molecule has 1 aliphatic heterocycles. The lowest BCUT2D eigenvalue weighted by Crippen LogP contribution is -2.32. The fourth-order valence-corrected chi connectivity index (χ4v) is 1.54. The second kappa shape index (κ2) is 8.33. The third-order valence-corrected chi connectivity index (χ3v) is 2.38. The van der Waals surface area contributed by atoms with E-state index in [0.29, 0.717) is 12.5 Å². The minimum absolute atomic E-state index is 0. The van der Waals surface area contributed by atoms with E-state index >= 15 is 0 Å². The number of ether oxygens (including phenoxy) is 1. The van der Waals surface area contributed by atoms with Gasteiger partial charge in [0.15, 0.2) is 0 Å². The fourth-order valence-electron chi connectivity index (χ4n) is 1.36. The van der Waals surface area contributed by atoms with E-state index < -0.39 is 0 Å². The van der Waals surface area contributed by atoms with Gasteiger partial charge in [0.05, 0.1) is 6.61 Å². The van der Waals surface area contributed by atoms with E-state index in [1.165, 1.54) is 0 Å². The Morgan fingerprint density at radius 2 is 2.29 bits per heavy atom. The van der Waals surface area contributed by atoms with Gasteiger partial charge in [-0.3, -0.25) is 4.79 Å². The predicted octanol–water partition coefficient (Wildman–Crippen LogP) is 1.72. The SMILES string of the molecule is Cl.O=C(OCCCCCl)[C@@H]1CCCN1. The summed E-state index contributed by atoms with van der Waals surface area (Å²) in [7, 11) is 0. The van der Waals surface area contributed by atoms with Gasteiger partial charge in [-0.2, -0.15) is 0 Å². The topological polar surface area (TPSA) is 38.3 Å². The van der Waals surface area contributed by atoms with Crippen molar-refractivity contribution in [3.8, 4) is 0 Å². The summed E-state index contributed by atoms with van der Waals surface area (Å²) in [6, 6.07) is -0.0593. The van der Waals surface area contributed by atoms with Gasteiger partial charge in [0.25, 0.3) is 0 Å². The quantitative estimate of drug-likeness (QED) is 0.453.